The second-order valence-corrected chi connectivity index (χ2v) is 4.35. The molecule has 19 heavy (non-hydrogen) atoms. The Morgan fingerprint density at radius 1 is 1.26 bits per heavy atom. The van der Waals surface area contributed by atoms with Crippen molar-refractivity contribution in [1.29, 1.82) is 5.26 Å². The van der Waals surface area contributed by atoms with Gasteiger partial charge in [-0.1, -0.05) is 0 Å². The van der Waals surface area contributed by atoms with Gasteiger partial charge in [0.15, 0.2) is 11.5 Å². The Balaban J connectivity index is 2.04. The third-order valence-corrected chi connectivity index (χ3v) is 3.11. The molecule has 0 amide bonds. The molecule has 0 bridgehead atoms. The third kappa shape index (κ3) is 2.02. The number of rotatable bonds is 1. The van der Waals surface area contributed by atoms with Crippen LogP contribution in [-0.4, -0.2) is 22.8 Å². The average Bonchev–Trinajstić information content (AvgIpc) is 2.66. The molecule has 1 aliphatic rings. The highest BCUT2D eigenvalue weighted by Crippen LogP contribution is 2.33. The second kappa shape index (κ2) is 4.65. The first-order chi connectivity index (χ1) is 9.29. The van der Waals surface area contributed by atoms with Crippen LogP contribution in [0.4, 0.5) is 0 Å². The van der Waals surface area contributed by atoms with Crippen LogP contribution in [0.2, 0.25) is 0 Å². The number of hydrogen-bond donors (Lipinski definition) is 0. The lowest BCUT2D eigenvalue weighted by atomic mass is 10.2. The van der Waals surface area contributed by atoms with Crippen molar-refractivity contribution in [3.05, 3.63) is 30.1 Å². The molecule has 5 heteroatoms. The number of hydrogen-bond acceptors (Lipinski definition) is 4. The first-order valence-electron chi connectivity index (χ1n) is 6.11. The highest BCUT2D eigenvalue weighted by atomic mass is 16.5. The van der Waals surface area contributed by atoms with Gasteiger partial charge in [-0.25, -0.2) is 4.98 Å². The molecular formula is C14H13N3O2. The number of nitriles is 1. The van der Waals surface area contributed by atoms with E-state index in [-0.39, 0.29) is 0 Å². The maximum Gasteiger partial charge on any atom is 0.161 e. The highest BCUT2D eigenvalue weighted by molar-refractivity contribution is 5.62. The fourth-order valence-corrected chi connectivity index (χ4v) is 2.08. The van der Waals surface area contributed by atoms with Crippen LogP contribution in [0.3, 0.4) is 0 Å². The number of fused-ring (bicyclic) bond motifs is 1. The van der Waals surface area contributed by atoms with Crippen LogP contribution in [0.25, 0.3) is 11.4 Å². The Kier molecular flexibility index (Phi) is 2.84. The predicted octanol–water partition coefficient (Wildman–Crippen LogP) is 2.12. The molecule has 3 rings (SSSR count). The van der Waals surface area contributed by atoms with E-state index in [1.807, 2.05) is 25.2 Å². The van der Waals surface area contributed by atoms with Crippen molar-refractivity contribution in [3.63, 3.8) is 0 Å². The van der Waals surface area contributed by atoms with Crippen LogP contribution in [0.5, 0.6) is 11.5 Å². The maximum absolute atomic E-state index is 8.95. The van der Waals surface area contributed by atoms with Gasteiger partial charge >= 0.3 is 0 Å². The average molecular weight is 255 g/mol. The van der Waals surface area contributed by atoms with Gasteiger partial charge in [0.1, 0.15) is 17.6 Å². The Bertz CT molecular complexity index is 655. The van der Waals surface area contributed by atoms with Gasteiger partial charge in [0.05, 0.1) is 19.4 Å². The van der Waals surface area contributed by atoms with Crippen molar-refractivity contribution in [3.8, 4) is 29.0 Å². The predicted molar refractivity (Wildman–Crippen MR) is 69.0 cm³/mol. The molecule has 0 aliphatic carbocycles. The van der Waals surface area contributed by atoms with Crippen LogP contribution in [-0.2, 0) is 7.05 Å². The van der Waals surface area contributed by atoms with Crippen molar-refractivity contribution in [1.82, 2.24) is 9.55 Å². The van der Waals surface area contributed by atoms with E-state index in [9.17, 15) is 0 Å². The molecule has 1 aliphatic heterocycles. The van der Waals surface area contributed by atoms with Gasteiger partial charge < -0.3 is 14.0 Å². The monoisotopic (exact) mass is 255 g/mol. The first kappa shape index (κ1) is 11.6. The number of benzene rings is 1. The van der Waals surface area contributed by atoms with Gasteiger partial charge in [-0.3, -0.25) is 0 Å². The molecule has 0 unspecified atom stereocenters. The molecule has 0 saturated carbocycles. The summed E-state index contributed by atoms with van der Waals surface area (Å²) in [5.41, 5.74) is 1.44. The first-order valence-corrected chi connectivity index (χ1v) is 6.11. The van der Waals surface area contributed by atoms with Gasteiger partial charge in [0, 0.05) is 19.0 Å². The zero-order valence-corrected chi connectivity index (χ0v) is 10.6. The molecular weight excluding hydrogens is 242 g/mol. The minimum absolute atomic E-state index is 0.530. The van der Waals surface area contributed by atoms with E-state index in [4.69, 9.17) is 14.7 Å². The molecule has 1 aromatic carbocycles. The van der Waals surface area contributed by atoms with Crippen LogP contribution < -0.4 is 9.47 Å². The van der Waals surface area contributed by atoms with Crippen LogP contribution in [0, 0.1) is 11.3 Å². The fourth-order valence-electron chi connectivity index (χ4n) is 2.08. The van der Waals surface area contributed by atoms with E-state index < -0.39 is 0 Å². The van der Waals surface area contributed by atoms with Gasteiger partial charge in [0.2, 0.25) is 0 Å². The van der Waals surface area contributed by atoms with Gasteiger partial charge in [-0.05, 0) is 18.2 Å². The van der Waals surface area contributed by atoms with E-state index in [2.05, 4.69) is 11.1 Å². The second-order valence-electron chi connectivity index (χ2n) is 4.35. The number of nitrogens with zero attached hydrogens (tertiary/aromatic N) is 3. The molecule has 0 saturated heterocycles. The zero-order valence-electron chi connectivity index (χ0n) is 10.6. The molecule has 0 spiro atoms. The minimum atomic E-state index is 0.530. The van der Waals surface area contributed by atoms with Crippen LogP contribution >= 0.6 is 0 Å². The summed E-state index contributed by atoms with van der Waals surface area (Å²) in [4.78, 5) is 4.27. The summed E-state index contributed by atoms with van der Waals surface area (Å²) in [6, 6.07) is 7.82. The molecule has 0 N–H and O–H groups in total. The lowest BCUT2D eigenvalue weighted by molar-refractivity contribution is 0.297. The highest BCUT2D eigenvalue weighted by Gasteiger charge is 2.14. The number of imidazole rings is 1. The third-order valence-electron chi connectivity index (χ3n) is 3.11. The summed E-state index contributed by atoms with van der Waals surface area (Å²) >= 11 is 0. The maximum atomic E-state index is 8.95. The van der Waals surface area contributed by atoms with Gasteiger partial charge in [0.25, 0.3) is 0 Å². The van der Waals surface area contributed by atoms with E-state index in [0.29, 0.717) is 18.9 Å². The van der Waals surface area contributed by atoms with Gasteiger partial charge in [-0.15, -0.1) is 0 Å². The minimum Gasteiger partial charge on any atom is -0.490 e. The lowest BCUT2D eigenvalue weighted by Crippen LogP contribution is -1.97. The molecule has 5 nitrogen and oxygen atoms in total. The topological polar surface area (TPSA) is 60.1 Å². The molecule has 96 valence electrons. The van der Waals surface area contributed by atoms with Crippen molar-refractivity contribution in [2.24, 2.45) is 7.05 Å². The van der Waals surface area contributed by atoms with E-state index in [0.717, 1.165) is 29.3 Å². The van der Waals surface area contributed by atoms with Crippen molar-refractivity contribution in [2.45, 2.75) is 6.42 Å². The summed E-state index contributed by atoms with van der Waals surface area (Å²) in [7, 11) is 1.82. The number of ether oxygens (including phenoxy) is 2. The van der Waals surface area contributed by atoms with E-state index >= 15 is 0 Å². The summed E-state index contributed by atoms with van der Waals surface area (Å²) in [5.74, 6) is 2.24. The Hall–Kier alpha value is -2.48. The van der Waals surface area contributed by atoms with Gasteiger partial charge in [-0.2, -0.15) is 5.26 Å². The molecule has 2 aromatic rings. The standard InChI is InChI=1S/C14H13N3O2/c1-17-11(8-15)9-16-14(17)10-3-4-12-13(7-10)19-6-2-5-18-12/h3-4,7,9H,2,5-6H2,1H3. The summed E-state index contributed by atoms with van der Waals surface area (Å²) in [6.07, 6.45) is 2.45. The van der Waals surface area contributed by atoms with Crippen LogP contribution in [0.15, 0.2) is 24.4 Å². The van der Waals surface area contributed by atoms with Crippen molar-refractivity contribution < 1.29 is 9.47 Å². The SMILES string of the molecule is Cn1c(C#N)cnc1-c1ccc2c(c1)OCCCO2. The molecule has 0 radical (unpaired) electrons. The quantitative estimate of drug-likeness (QED) is 0.783. The molecule has 0 atom stereocenters. The lowest BCUT2D eigenvalue weighted by Gasteiger charge is -2.09. The van der Waals surface area contributed by atoms with Crippen LogP contribution in [0.1, 0.15) is 12.1 Å². The Morgan fingerprint density at radius 2 is 2.05 bits per heavy atom. The number of aromatic nitrogens is 2. The van der Waals surface area contributed by atoms with Crippen molar-refractivity contribution >= 4 is 0 Å². The van der Waals surface area contributed by atoms with Crippen molar-refractivity contribution in [2.75, 3.05) is 13.2 Å². The summed E-state index contributed by atoms with van der Waals surface area (Å²) in [5, 5.41) is 8.95. The molecule has 1 aromatic heterocycles. The zero-order chi connectivity index (χ0) is 13.2. The van der Waals surface area contributed by atoms with E-state index in [1.54, 1.807) is 10.8 Å². The summed E-state index contributed by atoms with van der Waals surface area (Å²) < 4.78 is 13.0. The summed E-state index contributed by atoms with van der Waals surface area (Å²) in [6.45, 7) is 1.33. The Labute approximate surface area is 111 Å². The molecule has 2 heterocycles. The van der Waals surface area contributed by atoms with E-state index in [1.165, 1.54) is 0 Å². The Morgan fingerprint density at radius 3 is 2.79 bits per heavy atom. The normalized spacial score (nSPS) is 13.7. The smallest absolute Gasteiger partial charge is 0.161 e. The molecule has 0 fully saturated rings. The fraction of sp³-hybridized carbons (Fsp3) is 0.286. The largest absolute Gasteiger partial charge is 0.490 e.